The lowest BCUT2D eigenvalue weighted by molar-refractivity contribution is -0.198. The maximum atomic E-state index is 5.60. The standard InChI is InChI=1S/C11H22O3/c1-3-12-10(2)13-9-14-11-7-5-4-6-8-11/h10-11H,3-9H2,1-2H3. The molecule has 0 bridgehead atoms. The molecule has 1 fully saturated rings. The fourth-order valence-corrected chi connectivity index (χ4v) is 1.75. The zero-order valence-corrected chi connectivity index (χ0v) is 9.33. The van der Waals surface area contributed by atoms with Gasteiger partial charge < -0.3 is 14.2 Å². The van der Waals surface area contributed by atoms with Crippen molar-refractivity contribution < 1.29 is 14.2 Å². The summed E-state index contributed by atoms with van der Waals surface area (Å²) in [4.78, 5) is 0. The highest BCUT2D eigenvalue weighted by Crippen LogP contribution is 2.20. The Kier molecular flexibility index (Phi) is 6.15. The van der Waals surface area contributed by atoms with Gasteiger partial charge in [-0.3, -0.25) is 0 Å². The predicted molar refractivity (Wildman–Crippen MR) is 55.0 cm³/mol. The normalized spacial score (nSPS) is 21.0. The van der Waals surface area contributed by atoms with Crippen LogP contribution in [-0.4, -0.2) is 25.8 Å². The number of hydrogen-bond acceptors (Lipinski definition) is 3. The summed E-state index contributed by atoms with van der Waals surface area (Å²) in [5.41, 5.74) is 0. The van der Waals surface area contributed by atoms with Crippen molar-refractivity contribution in [2.75, 3.05) is 13.4 Å². The van der Waals surface area contributed by atoms with Crippen LogP contribution in [-0.2, 0) is 14.2 Å². The highest BCUT2D eigenvalue weighted by atomic mass is 16.7. The zero-order valence-electron chi connectivity index (χ0n) is 9.33. The third kappa shape index (κ3) is 4.94. The molecular weight excluding hydrogens is 180 g/mol. The van der Waals surface area contributed by atoms with Gasteiger partial charge in [0.15, 0.2) is 6.29 Å². The quantitative estimate of drug-likeness (QED) is 0.620. The monoisotopic (exact) mass is 202 g/mol. The van der Waals surface area contributed by atoms with Gasteiger partial charge >= 0.3 is 0 Å². The maximum Gasteiger partial charge on any atom is 0.157 e. The smallest absolute Gasteiger partial charge is 0.157 e. The van der Waals surface area contributed by atoms with E-state index in [0.717, 1.165) is 0 Å². The molecule has 14 heavy (non-hydrogen) atoms. The van der Waals surface area contributed by atoms with E-state index in [2.05, 4.69) is 0 Å². The molecule has 84 valence electrons. The number of ether oxygens (including phenoxy) is 3. The van der Waals surface area contributed by atoms with Crippen LogP contribution in [0.15, 0.2) is 0 Å². The Bertz CT molecular complexity index is 132. The lowest BCUT2D eigenvalue weighted by atomic mass is 9.98. The van der Waals surface area contributed by atoms with Gasteiger partial charge in [-0.1, -0.05) is 19.3 Å². The average Bonchev–Trinajstić information content (AvgIpc) is 2.20. The predicted octanol–water partition coefficient (Wildman–Crippen LogP) is 2.69. The molecule has 0 radical (unpaired) electrons. The fourth-order valence-electron chi connectivity index (χ4n) is 1.75. The average molecular weight is 202 g/mol. The van der Waals surface area contributed by atoms with Crippen LogP contribution in [0, 0.1) is 0 Å². The molecule has 1 rings (SSSR count). The van der Waals surface area contributed by atoms with Crippen molar-refractivity contribution in [1.29, 1.82) is 0 Å². The Hall–Kier alpha value is -0.120. The van der Waals surface area contributed by atoms with Crippen LogP contribution < -0.4 is 0 Å². The van der Waals surface area contributed by atoms with E-state index >= 15 is 0 Å². The fraction of sp³-hybridized carbons (Fsp3) is 1.00. The minimum atomic E-state index is -0.149. The summed E-state index contributed by atoms with van der Waals surface area (Å²) >= 11 is 0. The first-order valence-corrected chi connectivity index (χ1v) is 5.67. The highest BCUT2D eigenvalue weighted by molar-refractivity contribution is 4.64. The molecule has 0 aromatic rings. The summed E-state index contributed by atoms with van der Waals surface area (Å²) in [6, 6.07) is 0. The SMILES string of the molecule is CCOC(C)OCOC1CCCCC1. The zero-order chi connectivity index (χ0) is 10.2. The van der Waals surface area contributed by atoms with Crippen molar-refractivity contribution in [1.82, 2.24) is 0 Å². The van der Waals surface area contributed by atoms with Crippen LogP contribution in [0.25, 0.3) is 0 Å². The van der Waals surface area contributed by atoms with E-state index in [0.29, 0.717) is 19.5 Å². The van der Waals surface area contributed by atoms with Gasteiger partial charge in [-0.2, -0.15) is 0 Å². The molecule has 0 aromatic carbocycles. The molecule has 0 heterocycles. The first-order chi connectivity index (χ1) is 6.83. The summed E-state index contributed by atoms with van der Waals surface area (Å²) < 4.78 is 16.2. The number of rotatable bonds is 6. The second-order valence-corrected chi connectivity index (χ2v) is 3.73. The molecule has 0 saturated heterocycles. The van der Waals surface area contributed by atoms with E-state index in [9.17, 15) is 0 Å². The minimum absolute atomic E-state index is 0.149. The Labute approximate surface area is 86.7 Å². The molecule has 0 aliphatic heterocycles. The molecule has 1 aliphatic carbocycles. The molecule has 0 spiro atoms. The highest BCUT2D eigenvalue weighted by Gasteiger charge is 2.13. The minimum Gasteiger partial charge on any atom is -0.353 e. The van der Waals surface area contributed by atoms with Gasteiger partial charge in [0, 0.05) is 6.61 Å². The molecule has 1 unspecified atom stereocenters. The van der Waals surface area contributed by atoms with Crippen LogP contribution in [0.5, 0.6) is 0 Å². The second-order valence-electron chi connectivity index (χ2n) is 3.73. The van der Waals surface area contributed by atoms with Crippen LogP contribution in [0.1, 0.15) is 46.0 Å². The molecule has 0 N–H and O–H groups in total. The Morgan fingerprint density at radius 2 is 1.86 bits per heavy atom. The molecule has 1 aliphatic rings. The lowest BCUT2D eigenvalue weighted by Crippen LogP contribution is -2.21. The summed E-state index contributed by atoms with van der Waals surface area (Å²) in [5.74, 6) is 0. The Morgan fingerprint density at radius 1 is 1.14 bits per heavy atom. The van der Waals surface area contributed by atoms with Gasteiger partial charge in [0.1, 0.15) is 6.79 Å². The third-order valence-corrected chi connectivity index (χ3v) is 2.56. The van der Waals surface area contributed by atoms with E-state index in [1.54, 1.807) is 0 Å². The van der Waals surface area contributed by atoms with Gasteiger partial charge in [0.25, 0.3) is 0 Å². The molecule has 1 atom stereocenters. The first-order valence-electron chi connectivity index (χ1n) is 5.67. The Balaban J connectivity index is 1.96. The van der Waals surface area contributed by atoms with E-state index in [1.165, 1.54) is 32.1 Å². The van der Waals surface area contributed by atoms with E-state index < -0.39 is 0 Å². The van der Waals surface area contributed by atoms with Crippen molar-refractivity contribution in [2.24, 2.45) is 0 Å². The van der Waals surface area contributed by atoms with Gasteiger partial charge in [0.05, 0.1) is 6.10 Å². The summed E-state index contributed by atoms with van der Waals surface area (Å²) in [5, 5.41) is 0. The van der Waals surface area contributed by atoms with Crippen molar-refractivity contribution >= 4 is 0 Å². The lowest BCUT2D eigenvalue weighted by Gasteiger charge is -2.22. The van der Waals surface area contributed by atoms with Gasteiger partial charge in [-0.15, -0.1) is 0 Å². The number of hydrogen-bond donors (Lipinski definition) is 0. The maximum absolute atomic E-state index is 5.60. The van der Waals surface area contributed by atoms with Crippen molar-refractivity contribution in [3.05, 3.63) is 0 Å². The topological polar surface area (TPSA) is 27.7 Å². The molecule has 3 nitrogen and oxygen atoms in total. The first kappa shape index (κ1) is 12.0. The van der Waals surface area contributed by atoms with Crippen molar-refractivity contribution in [2.45, 2.75) is 58.3 Å². The van der Waals surface area contributed by atoms with Crippen molar-refractivity contribution in [3.8, 4) is 0 Å². The molecule has 0 aromatic heterocycles. The summed E-state index contributed by atoms with van der Waals surface area (Å²) in [6.07, 6.45) is 6.59. The van der Waals surface area contributed by atoms with Crippen LogP contribution in [0.2, 0.25) is 0 Å². The van der Waals surface area contributed by atoms with Crippen LogP contribution in [0.4, 0.5) is 0 Å². The van der Waals surface area contributed by atoms with Crippen LogP contribution >= 0.6 is 0 Å². The van der Waals surface area contributed by atoms with E-state index in [-0.39, 0.29) is 6.29 Å². The Morgan fingerprint density at radius 3 is 2.50 bits per heavy atom. The summed E-state index contributed by atoms with van der Waals surface area (Å²) in [7, 11) is 0. The van der Waals surface area contributed by atoms with Gasteiger partial charge in [0.2, 0.25) is 0 Å². The van der Waals surface area contributed by atoms with Crippen molar-refractivity contribution in [3.63, 3.8) is 0 Å². The largest absolute Gasteiger partial charge is 0.353 e. The second kappa shape index (κ2) is 7.21. The van der Waals surface area contributed by atoms with E-state index in [4.69, 9.17) is 14.2 Å². The molecule has 1 saturated carbocycles. The molecule has 3 heteroatoms. The third-order valence-electron chi connectivity index (χ3n) is 2.56. The van der Waals surface area contributed by atoms with Crippen LogP contribution in [0.3, 0.4) is 0 Å². The van der Waals surface area contributed by atoms with Gasteiger partial charge in [-0.25, -0.2) is 0 Å². The summed E-state index contributed by atoms with van der Waals surface area (Å²) in [6.45, 7) is 4.91. The van der Waals surface area contributed by atoms with Gasteiger partial charge in [-0.05, 0) is 26.7 Å². The molecular formula is C11H22O3. The molecule has 0 amide bonds. The van der Waals surface area contributed by atoms with E-state index in [1.807, 2.05) is 13.8 Å².